The highest BCUT2D eigenvalue weighted by Crippen LogP contribution is 2.31. The van der Waals surface area contributed by atoms with Crippen molar-refractivity contribution in [1.29, 1.82) is 0 Å². The molecule has 0 radical (unpaired) electrons. The number of carbonyl (C=O) groups excluding carboxylic acids is 2. The Morgan fingerprint density at radius 3 is 1.78 bits per heavy atom. The lowest BCUT2D eigenvalue weighted by molar-refractivity contribution is -0.156. The molecule has 0 amide bonds. The lowest BCUT2D eigenvalue weighted by Gasteiger charge is -2.26. The predicted molar refractivity (Wildman–Crippen MR) is 132 cm³/mol. The maximum absolute atomic E-state index is 12.4. The second kappa shape index (κ2) is 18.4. The van der Waals surface area contributed by atoms with E-state index in [1.165, 1.54) is 51.4 Å². The highest BCUT2D eigenvalue weighted by molar-refractivity contribution is 5.75. The van der Waals surface area contributed by atoms with E-state index in [9.17, 15) is 9.59 Å². The van der Waals surface area contributed by atoms with Crippen LogP contribution >= 0.6 is 0 Å². The molecule has 1 unspecified atom stereocenters. The van der Waals surface area contributed by atoms with Gasteiger partial charge in [-0.3, -0.25) is 9.59 Å². The number of ether oxygens (including phenoxy) is 2. The summed E-state index contributed by atoms with van der Waals surface area (Å²) in [6, 6.07) is 0. The molecule has 0 aliphatic heterocycles. The number of carbonyl (C=O) groups is 2. The van der Waals surface area contributed by atoms with Crippen LogP contribution < -0.4 is 0 Å². The van der Waals surface area contributed by atoms with Crippen LogP contribution in [-0.2, 0) is 19.1 Å². The molecule has 0 spiro atoms. The molecule has 0 saturated heterocycles. The summed E-state index contributed by atoms with van der Waals surface area (Å²) in [5, 5.41) is 0. The van der Waals surface area contributed by atoms with Gasteiger partial charge < -0.3 is 9.47 Å². The molecule has 1 aliphatic rings. The molecule has 0 N–H and O–H groups in total. The van der Waals surface area contributed by atoms with E-state index in [1.807, 2.05) is 0 Å². The van der Waals surface area contributed by atoms with Gasteiger partial charge in [0.2, 0.25) is 0 Å². The molecule has 0 aromatic rings. The summed E-state index contributed by atoms with van der Waals surface area (Å²) in [5.41, 5.74) is 0. The van der Waals surface area contributed by atoms with Gasteiger partial charge in [0.15, 0.2) is 0 Å². The summed E-state index contributed by atoms with van der Waals surface area (Å²) in [6.45, 7) is 10.0. The third kappa shape index (κ3) is 13.5. The summed E-state index contributed by atoms with van der Waals surface area (Å²) in [7, 11) is 0. The minimum Gasteiger partial charge on any atom is -0.465 e. The minimum absolute atomic E-state index is 0.0343. The number of rotatable bonds is 18. The standard InChI is InChI=1S/C28H52O4/c1-5-7-16-24(6-2)22-32-28(30)26-19-17-25(18-20-26)27(29)31-21-14-12-10-8-9-11-13-15-23(3)4/h23-26H,5-22H2,1-4H3. The van der Waals surface area contributed by atoms with Crippen LogP contribution in [-0.4, -0.2) is 25.2 Å². The van der Waals surface area contributed by atoms with Gasteiger partial charge in [-0.2, -0.15) is 0 Å². The number of esters is 2. The summed E-state index contributed by atoms with van der Waals surface area (Å²) < 4.78 is 11.1. The molecule has 0 aromatic heterocycles. The summed E-state index contributed by atoms with van der Waals surface area (Å²) in [4.78, 5) is 24.8. The van der Waals surface area contributed by atoms with Gasteiger partial charge in [0.25, 0.3) is 0 Å². The van der Waals surface area contributed by atoms with Crippen molar-refractivity contribution in [3.8, 4) is 0 Å². The zero-order chi connectivity index (χ0) is 23.6. The number of unbranched alkanes of at least 4 members (excludes halogenated alkanes) is 7. The molecule has 0 bridgehead atoms. The lowest BCUT2D eigenvalue weighted by Crippen LogP contribution is -2.29. The highest BCUT2D eigenvalue weighted by atomic mass is 16.5. The molecule has 188 valence electrons. The van der Waals surface area contributed by atoms with Gasteiger partial charge in [0.05, 0.1) is 25.0 Å². The van der Waals surface area contributed by atoms with E-state index in [0.717, 1.165) is 57.3 Å². The smallest absolute Gasteiger partial charge is 0.308 e. The van der Waals surface area contributed by atoms with E-state index in [2.05, 4.69) is 27.7 Å². The molecule has 32 heavy (non-hydrogen) atoms. The van der Waals surface area contributed by atoms with Gasteiger partial charge in [-0.25, -0.2) is 0 Å². The highest BCUT2D eigenvalue weighted by Gasteiger charge is 2.31. The molecule has 1 rings (SSSR count). The lowest BCUT2D eigenvalue weighted by atomic mass is 9.82. The first-order valence-corrected chi connectivity index (χ1v) is 13.8. The van der Waals surface area contributed by atoms with Crippen molar-refractivity contribution in [2.24, 2.45) is 23.7 Å². The molecule has 0 heterocycles. The Balaban J connectivity index is 2.06. The van der Waals surface area contributed by atoms with Crippen LogP contribution in [0.25, 0.3) is 0 Å². The molecular formula is C28H52O4. The summed E-state index contributed by atoms with van der Waals surface area (Å²) in [5.74, 6) is 1.11. The van der Waals surface area contributed by atoms with Crippen molar-refractivity contribution in [3.63, 3.8) is 0 Å². The largest absolute Gasteiger partial charge is 0.465 e. The average molecular weight is 453 g/mol. The van der Waals surface area contributed by atoms with Crippen molar-refractivity contribution in [3.05, 3.63) is 0 Å². The maximum Gasteiger partial charge on any atom is 0.308 e. The molecule has 1 atom stereocenters. The Morgan fingerprint density at radius 1 is 0.719 bits per heavy atom. The van der Waals surface area contributed by atoms with Crippen LogP contribution in [0.2, 0.25) is 0 Å². The summed E-state index contributed by atoms with van der Waals surface area (Å²) >= 11 is 0. The quantitative estimate of drug-likeness (QED) is 0.157. The molecule has 4 nitrogen and oxygen atoms in total. The Hall–Kier alpha value is -1.06. The van der Waals surface area contributed by atoms with Crippen LogP contribution in [0.3, 0.4) is 0 Å². The van der Waals surface area contributed by atoms with Crippen LogP contribution in [0.4, 0.5) is 0 Å². The van der Waals surface area contributed by atoms with E-state index in [1.54, 1.807) is 0 Å². The van der Waals surface area contributed by atoms with E-state index >= 15 is 0 Å². The molecule has 1 fully saturated rings. The zero-order valence-electron chi connectivity index (χ0n) is 21.7. The van der Waals surface area contributed by atoms with Crippen molar-refractivity contribution < 1.29 is 19.1 Å². The van der Waals surface area contributed by atoms with Gasteiger partial charge in [-0.05, 0) is 50.4 Å². The van der Waals surface area contributed by atoms with Crippen molar-refractivity contribution >= 4 is 11.9 Å². The van der Waals surface area contributed by atoms with E-state index in [0.29, 0.717) is 19.1 Å². The Bertz CT molecular complexity index is 480. The first kappa shape index (κ1) is 29.0. The van der Waals surface area contributed by atoms with Crippen LogP contribution in [0.1, 0.15) is 130 Å². The zero-order valence-corrected chi connectivity index (χ0v) is 21.7. The third-order valence-electron chi connectivity index (χ3n) is 7.07. The Labute approximate surface area is 198 Å². The van der Waals surface area contributed by atoms with Crippen molar-refractivity contribution in [1.82, 2.24) is 0 Å². The fraction of sp³-hybridized carbons (Fsp3) is 0.929. The first-order chi connectivity index (χ1) is 15.5. The normalized spacial score (nSPS) is 19.7. The van der Waals surface area contributed by atoms with Gasteiger partial charge >= 0.3 is 11.9 Å². The van der Waals surface area contributed by atoms with Crippen LogP contribution in [0, 0.1) is 23.7 Å². The molecule has 1 saturated carbocycles. The van der Waals surface area contributed by atoms with Crippen LogP contribution in [0.15, 0.2) is 0 Å². The van der Waals surface area contributed by atoms with Gasteiger partial charge in [0.1, 0.15) is 0 Å². The molecule has 4 heteroatoms. The van der Waals surface area contributed by atoms with E-state index in [4.69, 9.17) is 9.47 Å². The second-order valence-corrected chi connectivity index (χ2v) is 10.4. The van der Waals surface area contributed by atoms with Crippen LogP contribution in [0.5, 0.6) is 0 Å². The maximum atomic E-state index is 12.4. The Morgan fingerprint density at radius 2 is 1.25 bits per heavy atom. The van der Waals surface area contributed by atoms with E-state index < -0.39 is 0 Å². The minimum atomic E-state index is -0.0593. The van der Waals surface area contributed by atoms with E-state index in [-0.39, 0.29) is 23.8 Å². The topological polar surface area (TPSA) is 52.6 Å². The SMILES string of the molecule is CCCCC(CC)COC(=O)C1CCC(C(=O)OCCCCCCCCCC(C)C)CC1. The van der Waals surface area contributed by atoms with Gasteiger partial charge in [0, 0.05) is 0 Å². The number of hydrogen-bond acceptors (Lipinski definition) is 4. The van der Waals surface area contributed by atoms with Gasteiger partial charge in [-0.15, -0.1) is 0 Å². The first-order valence-electron chi connectivity index (χ1n) is 13.8. The fourth-order valence-electron chi connectivity index (χ4n) is 4.61. The van der Waals surface area contributed by atoms with Crippen molar-refractivity contribution in [2.45, 2.75) is 130 Å². The predicted octanol–water partition coefficient (Wildman–Crippen LogP) is 7.87. The fourth-order valence-corrected chi connectivity index (χ4v) is 4.61. The third-order valence-corrected chi connectivity index (χ3v) is 7.07. The van der Waals surface area contributed by atoms with Gasteiger partial charge in [-0.1, -0.05) is 91.9 Å². The summed E-state index contributed by atoms with van der Waals surface area (Å²) in [6.07, 6.45) is 17.6. The molecular weight excluding hydrogens is 400 g/mol. The van der Waals surface area contributed by atoms with Crippen molar-refractivity contribution in [2.75, 3.05) is 13.2 Å². The molecule has 0 aromatic carbocycles. The molecule has 1 aliphatic carbocycles. The second-order valence-electron chi connectivity index (χ2n) is 10.4. The Kier molecular flexibility index (Phi) is 16.6. The number of hydrogen-bond donors (Lipinski definition) is 0. The average Bonchev–Trinajstić information content (AvgIpc) is 2.80. The monoisotopic (exact) mass is 452 g/mol.